The number of hydrogen-bond acceptors (Lipinski definition) is 4. The second-order valence-electron chi connectivity index (χ2n) is 7.23. The van der Waals surface area contributed by atoms with E-state index in [-0.39, 0.29) is 11.9 Å². The van der Waals surface area contributed by atoms with Crippen LogP contribution in [0.1, 0.15) is 47.3 Å². The SMILES string of the molecule is CCCN1C[C@@H](C(=O)OC)CC2c3cccc4[nH]c(C=O)c(c34)C[C@H]21. The second-order valence-corrected chi connectivity index (χ2v) is 7.23. The molecule has 1 N–H and O–H groups in total. The van der Waals surface area contributed by atoms with Gasteiger partial charge < -0.3 is 9.72 Å². The molecule has 1 aromatic heterocycles. The van der Waals surface area contributed by atoms with Gasteiger partial charge in [0.15, 0.2) is 6.29 Å². The van der Waals surface area contributed by atoms with Crippen molar-refractivity contribution < 1.29 is 14.3 Å². The van der Waals surface area contributed by atoms with Gasteiger partial charge in [-0.25, -0.2) is 0 Å². The van der Waals surface area contributed by atoms with E-state index in [0.717, 1.165) is 49.7 Å². The summed E-state index contributed by atoms with van der Waals surface area (Å²) in [4.78, 5) is 29.5. The highest BCUT2D eigenvalue weighted by atomic mass is 16.5. The number of ether oxygens (including phenoxy) is 1. The maximum absolute atomic E-state index is 12.2. The number of nitrogens with one attached hydrogen (secondary N) is 1. The van der Waals surface area contributed by atoms with E-state index in [0.29, 0.717) is 17.7 Å². The Labute approximate surface area is 147 Å². The Morgan fingerprint density at radius 3 is 3.00 bits per heavy atom. The molecule has 2 heterocycles. The molecule has 0 spiro atoms. The third-order valence-corrected chi connectivity index (χ3v) is 5.90. The highest BCUT2D eigenvalue weighted by molar-refractivity contribution is 5.95. The van der Waals surface area contributed by atoms with E-state index in [1.165, 1.54) is 18.1 Å². The summed E-state index contributed by atoms with van der Waals surface area (Å²) in [6, 6.07) is 6.57. The van der Waals surface area contributed by atoms with Crippen LogP contribution in [0.3, 0.4) is 0 Å². The number of benzene rings is 1. The molecule has 25 heavy (non-hydrogen) atoms. The molecule has 1 unspecified atom stereocenters. The predicted molar refractivity (Wildman–Crippen MR) is 95.9 cm³/mol. The van der Waals surface area contributed by atoms with Crippen LogP contribution >= 0.6 is 0 Å². The van der Waals surface area contributed by atoms with E-state index < -0.39 is 0 Å². The van der Waals surface area contributed by atoms with Crippen molar-refractivity contribution in [1.82, 2.24) is 9.88 Å². The molecule has 0 bridgehead atoms. The zero-order valence-corrected chi connectivity index (χ0v) is 14.7. The fourth-order valence-corrected chi connectivity index (χ4v) is 4.90. The van der Waals surface area contributed by atoms with Gasteiger partial charge in [0.1, 0.15) is 0 Å². The third kappa shape index (κ3) is 2.49. The van der Waals surface area contributed by atoms with Crippen LogP contribution < -0.4 is 0 Å². The van der Waals surface area contributed by atoms with Gasteiger partial charge in [-0.1, -0.05) is 19.1 Å². The summed E-state index contributed by atoms with van der Waals surface area (Å²) in [5.74, 6) is 0.107. The van der Waals surface area contributed by atoms with E-state index >= 15 is 0 Å². The molecule has 5 heteroatoms. The van der Waals surface area contributed by atoms with Crippen molar-refractivity contribution in [3.05, 3.63) is 35.0 Å². The highest BCUT2D eigenvalue weighted by Crippen LogP contribution is 2.45. The van der Waals surface area contributed by atoms with Crippen LogP contribution in [0.2, 0.25) is 0 Å². The molecule has 2 aromatic rings. The van der Waals surface area contributed by atoms with Crippen LogP contribution in [-0.2, 0) is 16.0 Å². The maximum Gasteiger partial charge on any atom is 0.309 e. The second kappa shape index (κ2) is 6.30. The molecular weight excluding hydrogens is 316 g/mol. The summed E-state index contributed by atoms with van der Waals surface area (Å²) >= 11 is 0. The zero-order valence-electron chi connectivity index (χ0n) is 14.7. The van der Waals surface area contributed by atoms with Crippen molar-refractivity contribution in [3.63, 3.8) is 0 Å². The summed E-state index contributed by atoms with van der Waals surface area (Å²) in [7, 11) is 1.47. The molecule has 0 radical (unpaired) electrons. The van der Waals surface area contributed by atoms with Gasteiger partial charge in [0.05, 0.1) is 18.7 Å². The Kier molecular flexibility index (Phi) is 4.12. The van der Waals surface area contributed by atoms with E-state index in [1.54, 1.807) is 0 Å². The Morgan fingerprint density at radius 2 is 2.28 bits per heavy atom. The number of carbonyl (C=O) groups excluding carboxylic acids is 2. The number of nitrogens with zero attached hydrogens (tertiary/aromatic N) is 1. The highest BCUT2D eigenvalue weighted by Gasteiger charge is 2.43. The van der Waals surface area contributed by atoms with Gasteiger partial charge in [0.25, 0.3) is 0 Å². The Balaban J connectivity index is 1.82. The molecule has 1 aliphatic carbocycles. The van der Waals surface area contributed by atoms with Crippen molar-refractivity contribution >= 4 is 23.2 Å². The van der Waals surface area contributed by atoms with Crippen LogP contribution in [0.5, 0.6) is 0 Å². The van der Waals surface area contributed by atoms with E-state index in [1.807, 2.05) is 12.1 Å². The van der Waals surface area contributed by atoms with E-state index in [4.69, 9.17) is 4.74 Å². The number of H-pyrrole nitrogens is 1. The molecule has 1 saturated heterocycles. The quantitative estimate of drug-likeness (QED) is 0.687. The lowest BCUT2D eigenvalue weighted by atomic mass is 9.72. The van der Waals surface area contributed by atoms with Crippen LogP contribution in [0, 0.1) is 5.92 Å². The molecule has 4 rings (SSSR count). The third-order valence-electron chi connectivity index (χ3n) is 5.90. The summed E-state index contributed by atoms with van der Waals surface area (Å²) in [5.41, 5.74) is 4.13. The monoisotopic (exact) mass is 340 g/mol. The number of piperidine rings is 1. The molecule has 1 fully saturated rings. The van der Waals surface area contributed by atoms with Crippen molar-refractivity contribution in [2.45, 2.75) is 38.1 Å². The average Bonchev–Trinajstić information content (AvgIpc) is 3.01. The first-order valence-electron chi connectivity index (χ1n) is 9.08. The van der Waals surface area contributed by atoms with Crippen LogP contribution in [0.25, 0.3) is 10.9 Å². The van der Waals surface area contributed by atoms with Gasteiger partial charge in [0.2, 0.25) is 0 Å². The number of fused-ring (bicyclic) bond motifs is 2. The van der Waals surface area contributed by atoms with Crippen molar-refractivity contribution in [2.24, 2.45) is 5.92 Å². The van der Waals surface area contributed by atoms with Crippen LogP contribution in [0.4, 0.5) is 0 Å². The summed E-state index contributed by atoms with van der Waals surface area (Å²) in [5, 5.41) is 1.19. The smallest absolute Gasteiger partial charge is 0.309 e. The largest absolute Gasteiger partial charge is 0.469 e. The lowest BCUT2D eigenvalue weighted by molar-refractivity contribution is -0.148. The van der Waals surface area contributed by atoms with E-state index in [2.05, 4.69) is 22.9 Å². The molecule has 5 nitrogen and oxygen atoms in total. The molecule has 0 amide bonds. The minimum Gasteiger partial charge on any atom is -0.469 e. The predicted octanol–water partition coefficient (Wildman–Crippen LogP) is 2.89. The van der Waals surface area contributed by atoms with Crippen molar-refractivity contribution in [2.75, 3.05) is 20.2 Å². The maximum atomic E-state index is 12.2. The molecule has 0 saturated carbocycles. The van der Waals surface area contributed by atoms with Crippen molar-refractivity contribution in [3.8, 4) is 0 Å². The van der Waals surface area contributed by atoms with Crippen LogP contribution in [0.15, 0.2) is 18.2 Å². The number of aldehydes is 1. The lowest BCUT2D eigenvalue weighted by Crippen LogP contribution is -2.51. The van der Waals surface area contributed by atoms with Gasteiger partial charge in [-0.3, -0.25) is 14.5 Å². The van der Waals surface area contributed by atoms with E-state index in [9.17, 15) is 9.59 Å². The van der Waals surface area contributed by atoms with Gasteiger partial charge in [-0.15, -0.1) is 0 Å². The summed E-state index contributed by atoms with van der Waals surface area (Å²) in [6.45, 7) is 3.87. The normalized spacial score (nSPS) is 25.6. The number of esters is 1. The van der Waals surface area contributed by atoms with Crippen LogP contribution in [-0.4, -0.2) is 48.4 Å². The van der Waals surface area contributed by atoms with Gasteiger partial charge in [0, 0.05) is 29.4 Å². The first kappa shape index (κ1) is 16.3. The topological polar surface area (TPSA) is 62.4 Å². The molecule has 3 atom stereocenters. The molecule has 1 aromatic carbocycles. The number of rotatable bonds is 4. The summed E-state index contributed by atoms with van der Waals surface area (Å²) < 4.78 is 5.04. The molecule has 1 aliphatic heterocycles. The number of likely N-dealkylation sites (tertiary alicyclic amines) is 1. The first-order valence-corrected chi connectivity index (χ1v) is 9.08. The fourth-order valence-electron chi connectivity index (χ4n) is 4.90. The minimum atomic E-state index is -0.111. The fraction of sp³-hybridized carbons (Fsp3) is 0.500. The zero-order chi connectivity index (χ0) is 17.6. The van der Waals surface area contributed by atoms with Gasteiger partial charge >= 0.3 is 5.97 Å². The number of aromatic amines is 1. The average molecular weight is 340 g/mol. The Bertz CT molecular complexity index is 826. The number of hydrogen-bond donors (Lipinski definition) is 1. The number of carbonyl (C=O) groups is 2. The summed E-state index contributed by atoms with van der Waals surface area (Å²) in [6.07, 6.45) is 3.66. The van der Waals surface area contributed by atoms with Gasteiger partial charge in [-0.2, -0.15) is 0 Å². The Morgan fingerprint density at radius 1 is 1.44 bits per heavy atom. The number of aromatic nitrogens is 1. The number of methoxy groups -OCH3 is 1. The van der Waals surface area contributed by atoms with Gasteiger partial charge in [-0.05, 0) is 43.0 Å². The Hall–Kier alpha value is -2.14. The standard InChI is InChI=1S/C20H24N2O3/c1-3-7-22-10-12(20(24)25-2)8-14-13-5-4-6-16-19(13)15(9-18(14)22)17(11-23)21-16/h4-6,11-12,14,18,21H,3,7-10H2,1-2H3/t12-,14?,18+/m0/s1. The molecule has 132 valence electrons. The first-order chi connectivity index (χ1) is 12.2. The molecule has 2 aliphatic rings. The lowest BCUT2D eigenvalue weighted by Gasteiger charge is -2.46. The van der Waals surface area contributed by atoms with Crippen molar-refractivity contribution in [1.29, 1.82) is 0 Å². The minimum absolute atomic E-state index is 0.0842. The molecular formula is C20H24N2O3.